The van der Waals surface area contributed by atoms with Crippen molar-refractivity contribution < 1.29 is 24.2 Å². The lowest BCUT2D eigenvalue weighted by atomic mass is 9.95. The molecule has 0 saturated carbocycles. The molecule has 2 aliphatic heterocycles. The van der Waals surface area contributed by atoms with Crippen molar-refractivity contribution in [3.63, 3.8) is 0 Å². The Bertz CT molecular complexity index is 389. The van der Waals surface area contributed by atoms with E-state index in [0.29, 0.717) is 13.1 Å². The van der Waals surface area contributed by atoms with E-state index in [1.807, 2.05) is 6.92 Å². The maximum absolute atomic E-state index is 12.2. The van der Waals surface area contributed by atoms with Crippen molar-refractivity contribution in [1.82, 2.24) is 10.2 Å². The van der Waals surface area contributed by atoms with Gasteiger partial charge in [0.15, 0.2) is 0 Å². The van der Waals surface area contributed by atoms with E-state index in [2.05, 4.69) is 5.32 Å². The first-order valence-corrected chi connectivity index (χ1v) is 6.86. The summed E-state index contributed by atoms with van der Waals surface area (Å²) in [7, 11) is 1.65. The molecule has 2 amide bonds. The molecule has 2 fully saturated rings. The minimum atomic E-state index is -0.937. The number of hydrogen-bond acceptors (Lipinski definition) is 4. The van der Waals surface area contributed by atoms with Gasteiger partial charge in [0.1, 0.15) is 5.92 Å². The van der Waals surface area contributed by atoms with Crippen molar-refractivity contribution in [2.45, 2.75) is 31.4 Å². The van der Waals surface area contributed by atoms with Crippen LogP contribution in [0.3, 0.4) is 0 Å². The highest BCUT2D eigenvalue weighted by Gasteiger charge is 2.38. The molecule has 3 unspecified atom stereocenters. The van der Waals surface area contributed by atoms with Gasteiger partial charge in [-0.05, 0) is 19.8 Å². The van der Waals surface area contributed by atoms with Gasteiger partial charge in [-0.2, -0.15) is 0 Å². The molecule has 114 valence electrons. The van der Waals surface area contributed by atoms with Crippen molar-refractivity contribution in [1.29, 1.82) is 0 Å². The lowest BCUT2D eigenvalue weighted by Crippen LogP contribution is -2.55. The number of carboxylic acid groups (broad SMARTS) is 1. The number of hydrogen-bond donors (Lipinski definition) is 2. The molecule has 0 aromatic carbocycles. The van der Waals surface area contributed by atoms with Crippen LogP contribution in [0.15, 0.2) is 0 Å². The number of amides is 2. The molecule has 20 heavy (non-hydrogen) atoms. The number of aliphatic carboxylic acids is 1. The average molecular weight is 286 g/mol. The Hall–Kier alpha value is -1.34. The summed E-state index contributed by atoms with van der Waals surface area (Å²) < 4.78 is 10.6. The molecule has 0 aliphatic carbocycles. The van der Waals surface area contributed by atoms with Crippen molar-refractivity contribution in [3.05, 3.63) is 0 Å². The molecule has 0 radical (unpaired) electrons. The molecule has 0 bridgehead atoms. The van der Waals surface area contributed by atoms with Crippen LogP contribution in [0.4, 0.5) is 4.79 Å². The highest BCUT2D eigenvalue weighted by Crippen LogP contribution is 2.24. The fraction of sp³-hybridized carbons (Fsp3) is 0.846. The number of carbonyl (C=O) groups is 2. The predicted molar refractivity (Wildman–Crippen MR) is 70.5 cm³/mol. The van der Waals surface area contributed by atoms with E-state index in [1.54, 1.807) is 12.0 Å². The molecule has 3 atom stereocenters. The van der Waals surface area contributed by atoms with Crippen molar-refractivity contribution in [2.75, 3.05) is 33.4 Å². The number of ether oxygens (including phenoxy) is 2. The van der Waals surface area contributed by atoms with E-state index < -0.39 is 17.9 Å². The average Bonchev–Trinajstić information content (AvgIpc) is 2.87. The lowest BCUT2D eigenvalue weighted by Gasteiger charge is -2.39. The Morgan fingerprint density at radius 3 is 2.85 bits per heavy atom. The summed E-state index contributed by atoms with van der Waals surface area (Å²) in [5.74, 6) is -1.61. The zero-order chi connectivity index (χ0) is 14.8. The quantitative estimate of drug-likeness (QED) is 0.779. The van der Waals surface area contributed by atoms with Crippen LogP contribution >= 0.6 is 0 Å². The fourth-order valence-corrected chi connectivity index (χ4v) is 2.74. The SMILES string of the molecule is COC1(C)CCCN(C(=O)NC2COCC2C(=O)O)C1. The molecular weight excluding hydrogens is 264 g/mol. The van der Waals surface area contributed by atoms with E-state index in [1.165, 1.54) is 0 Å². The number of nitrogens with one attached hydrogen (secondary N) is 1. The first-order valence-electron chi connectivity index (χ1n) is 6.86. The van der Waals surface area contributed by atoms with Gasteiger partial charge in [-0.25, -0.2) is 4.79 Å². The van der Waals surface area contributed by atoms with Crippen molar-refractivity contribution >= 4 is 12.0 Å². The molecular formula is C13H22N2O5. The Kier molecular flexibility index (Phi) is 4.49. The van der Waals surface area contributed by atoms with Crippen LogP contribution in [-0.4, -0.2) is 67.1 Å². The largest absolute Gasteiger partial charge is 0.481 e. The number of methoxy groups -OCH3 is 1. The number of urea groups is 1. The topological polar surface area (TPSA) is 88.1 Å². The van der Waals surface area contributed by atoms with Gasteiger partial charge in [0.05, 0.1) is 31.4 Å². The summed E-state index contributed by atoms with van der Waals surface area (Å²) in [4.78, 5) is 25.0. The van der Waals surface area contributed by atoms with E-state index >= 15 is 0 Å². The maximum atomic E-state index is 12.2. The van der Waals surface area contributed by atoms with Gasteiger partial charge < -0.3 is 24.8 Å². The third kappa shape index (κ3) is 3.21. The minimum Gasteiger partial charge on any atom is -0.481 e. The summed E-state index contributed by atoms with van der Waals surface area (Å²) >= 11 is 0. The van der Waals surface area contributed by atoms with Gasteiger partial charge in [-0.1, -0.05) is 0 Å². The molecule has 7 nitrogen and oxygen atoms in total. The van der Waals surface area contributed by atoms with Gasteiger partial charge in [0.25, 0.3) is 0 Å². The van der Waals surface area contributed by atoms with E-state index in [-0.39, 0.29) is 24.8 Å². The van der Waals surface area contributed by atoms with Crippen LogP contribution < -0.4 is 5.32 Å². The second-order valence-corrected chi connectivity index (χ2v) is 5.72. The summed E-state index contributed by atoms with van der Waals surface area (Å²) in [5, 5.41) is 11.8. The van der Waals surface area contributed by atoms with Gasteiger partial charge >= 0.3 is 12.0 Å². The molecule has 2 saturated heterocycles. The van der Waals surface area contributed by atoms with Crippen LogP contribution in [0.25, 0.3) is 0 Å². The number of likely N-dealkylation sites (tertiary alicyclic amines) is 1. The summed E-state index contributed by atoms with van der Waals surface area (Å²) in [6.45, 7) is 3.55. The molecule has 2 N–H and O–H groups in total. The predicted octanol–water partition coefficient (Wildman–Crippen LogP) is 0.297. The number of nitrogens with zero attached hydrogens (tertiary/aromatic N) is 1. The highest BCUT2D eigenvalue weighted by molar-refractivity contribution is 5.77. The maximum Gasteiger partial charge on any atom is 0.317 e. The summed E-state index contributed by atoms with van der Waals surface area (Å²) in [6, 6.07) is -0.703. The summed E-state index contributed by atoms with van der Waals surface area (Å²) in [6.07, 6.45) is 1.79. The third-order valence-corrected chi connectivity index (χ3v) is 4.15. The van der Waals surface area contributed by atoms with Crippen LogP contribution in [0.5, 0.6) is 0 Å². The Labute approximate surface area is 118 Å². The number of rotatable bonds is 3. The van der Waals surface area contributed by atoms with Crippen LogP contribution in [0, 0.1) is 5.92 Å². The second kappa shape index (κ2) is 5.97. The third-order valence-electron chi connectivity index (χ3n) is 4.15. The van der Waals surface area contributed by atoms with E-state index in [0.717, 1.165) is 12.8 Å². The zero-order valence-corrected chi connectivity index (χ0v) is 11.9. The fourth-order valence-electron chi connectivity index (χ4n) is 2.74. The normalized spacial score (nSPS) is 34.0. The van der Waals surface area contributed by atoms with Gasteiger partial charge in [-0.3, -0.25) is 4.79 Å². The number of carbonyl (C=O) groups excluding carboxylic acids is 1. The van der Waals surface area contributed by atoms with Crippen LogP contribution in [0.1, 0.15) is 19.8 Å². The van der Waals surface area contributed by atoms with E-state index in [4.69, 9.17) is 14.6 Å². The Balaban J connectivity index is 1.93. The molecule has 7 heteroatoms. The monoisotopic (exact) mass is 286 g/mol. The molecule has 0 aromatic rings. The molecule has 0 aromatic heterocycles. The number of carboxylic acids is 1. The zero-order valence-electron chi connectivity index (χ0n) is 11.9. The van der Waals surface area contributed by atoms with Crippen LogP contribution in [0.2, 0.25) is 0 Å². The van der Waals surface area contributed by atoms with E-state index in [9.17, 15) is 9.59 Å². The molecule has 2 heterocycles. The van der Waals surface area contributed by atoms with Gasteiger partial charge in [0, 0.05) is 13.7 Å². The summed E-state index contributed by atoms with van der Waals surface area (Å²) in [5.41, 5.74) is -0.325. The van der Waals surface area contributed by atoms with Crippen molar-refractivity contribution in [2.24, 2.45) is 5.92 Å². The highest BCUT2D eigenvalue weighted by atomic mass is 16.5. The number of piperidine rings is 1. The molecule has 2 aliphatic rings. The smallest absolute Gasteiger partial charge is 0.317 e. The second-order valence-electron chi connectivity index (χ2n) is 5.72. The first-order chi connectivity index (χ1) is 9.45. The molecule has 2 rings (SSSR count). The lowest BCUT2D eigenvalue weighted by molar-refractivity contribution is -0.142. The Morgan fingerprint density at radius 2 is 2.20 bits per heavy atom. The first kappa shape index (κ1) is 15.1. The minimum absolute atomic E-state index is 0.149. The molecule has 0 spiro atoms. The van der Waals surface area contributed by atoms with Gasteiger partial charge in [0.2, 0.25) is 0 Å². The van der Waals surface area contributed by atoms with Gasteiger partial charge in [-0.15, -0.1) is 0 Å². The van der Waals surface area contributed by atoms with Crippen molar-refractivity contribution in [3.8, 4) is 0 Å². The standard InChI is InChI=1S/C13H22N2O5/c1-13(19-2)4-3-5-15(8-13)12(18)14-10-7-20-6-9(10)11(16)17/h9-10H,3-8H2,1-2H3,(H,14,18)(H,16,17). The van der Waals surface area contributed by atoms with Crippen LogP contribution in [-0.2, 0) is 14.3 Å². The Morgan fingerprint density at radius 1 is 1.45 bits per heavy atom.